The minimum Gasteiger partial charge on any atom is -0.378 e. The first-order valence-corrected chi connectivity index (χ1v) is 19.6. The number of nitrogens with zero attached hydrogens (tertiary/aromatic N) is 7. The maximum Gasteiger partial charge on any atom is 0.417 e. The van der Waals surface area contributed by atoms with Gasteiger partial charge in [0.15, 0.2) is 5.11 Å². The number of thiocarbonyl (C=S) groups is 1. The minimum absolute atomic E-state index is 0. The van der Waals surface area contributed by atoms with Gasteiger partial charge in [-0.2, -0.15) is 18.4 Å². The quantitative estimate of drug-likeness (QED) is 0.224. The molecule has 1 aromatic carbocycles. The van der Waals surface area contributed by atoms with Gasteiger partial charge in [0.25, 0.3) is 5.91 Å². The number of carbonyl (C=O) groups excluding carboxylic acids is 4. The van der Waals surface area contributed by atoms with Crippen LogP contribution in [0.1, 0.15) is 77.3 Å². The number of benzene rings is 1. The number of amides is 5. The zero-order valence-corrected chi connectivity index (χ0v) is 34.5. The lowest BCUT2D eigenvalue weighted by atomic mass is 9.89. The molecule has 0 bridgehead atoms. The fourth-order valence-corrected chi connectivity index (χ4v) is 9.00. The number of urea groups is 1. The predicted molar refractivity (Wildman–Crippen MR) is 216 cm³/mol. The maximum atomic E-state index is 13.7. The number of piperazine rings is 1. The summed E-state index contributed by atoms with van der Waals surface area (Å²) < 4.78 is 47.4. The van der Waals surface area contributed by atoms with E-state index >= 15 is 0 Å². The van der Waals surface area contributed by atoms with E-state index in [0.29, 0.717) is 31.0 Å². The van der Waals surface area contributed by atoms with E-state index in [4.69, 9.17) is 17.0 Å². The monoisotopic (exact) mass is 847 g/mol. The lowest BCUT2D eigenvalue weighted by Gasteiger charge is -2.44. The first-order valence-electron chi connectivity index (χ1n) is 19.2. The molecule has 2 atom stereocenters. The largest absolute Gasteiger partial charge is 0.417 e. The number of carbonyl (C=O) groups is 4. The molecule has 2 aromatic rings. The molecule has 4 fully saturated rings. The van der Waals surface area contributed by atoms with Crippen molar-refractivity contribution >= 4 is 70.7 Å². The van der Waals surface area contributed by atoms with Crippen molar-refractivity contribution in [2.24, 2.45) is 0 Å². The Morgan fingerprint density at radius 1 is 1.07 bits per heavy atom. The van der Waals surface area contributed by atoms with E-state index in [2.05, 4.69) is 39.3 Å². The van der Waals surface area contributed by atoms with Crippen LogP contribution in [0.3, 0.4) is 0 Å². The number of aromatic nitrogens is 1. The molecule has 19 heteroatoms. The molecule has 314 valence electrons. The number of anilines is 3. The van der Waals surface area contributed by atoms with Crippen molar-refractivity contribution in [3.8, 4) is 6.07 Å². The maximum absolute atomic E-state index is 13.7. The van der Waals surface area contributed by atoms with Gasteiger partial charge < -0.3 is 19.9 Å². The first-order chi connectivity index (χ1) is 27.0. The van der Waals surface area contributed by atoms with Gasteiger partial charge in [0, 0.05) is 69.6 Å². The fourth-order valence-electron chi connectivity index (χ4n) is 8.44. The number of halogens is 4. The molecule has 3 saturated heterocycles. The number of pyridine rings is 1. The molecule has 2 N–H and O–H groups in total. The van der Waals surface area contributed by atoms with Crippen LogP contribution in [0.5, 0.6) is 0 Å². The van der Waals surface area contributed by atoms with Crippen LogP contribution in [-0.2, 0) is 25.3 Å². The number of nitrogens with one attached hydrogen (secondary N) is 2. The predicted octanol–water partition coefficient (Wildman–Crippen LogP) is 5.30. The van der Waals surface area contributed by atoms with Crippen LogP contribution in [0.4, 0.5) is 35.2 Å². The molecule has 0 spiro atoms. The molecule has 5 amide bonds. The summed E-state index contributed by atoms with van der Waals surface area (Å²) in [5, 5.41) is 14.5. The Balaban J connectivity index is 0.00000641. The van der Waals surface area contributed by atoms with Crippen LogP contribution in [0, 0.1) is 11.3 Å². The van der Waals surface area contributed by atoms with Crippen LogP contribution in [0.2, 0.25) is 0 Å². The summed E-state index contributed by atoms with van der Waals surface area (Å²) in [7, 11) is 0. The highest BCUT2D eigenvalue weighted by molar-refractivity contribution is 7.80. The van der Waals surface area contributed by atoms with Crippen molar-refractivity contribution in [1.29, 1.82) is 5.26 Å². The van der Waals surface area contributed by atoms with E-state index in [0.717, 1.165) is 55.9 Å². The Morgan fingerprint density at radius 3 is 2.40 bits per heavy atom. The van der Waals surface area contributed by atoms with Crippen molar-refractivity contribution in [3.63, 3.8) is 0 Å². The van der Waals surface area contributed by atoms with E-state index in [1.54, 1.807) is 32.0 Å². The van der Waals surface area contributed by atoms with Gasteiger partial charge in [0.05, 0.1) is 41.2 Å². The molecule has 0 unspecified atom stereocenters. The summed E-state index contributed by atoms with van der Waals surface area (Å²) >= 11 is 5.73. The molecule has 1 aromatic heterocycles. The van der Waals surface area contributed by atoms with Crippen LogP contribution in [0.15, 0.2) is 36.5 Å². The summed E-state index contributed by atoms with van der Waals surface area (Å²) in [6, 6.07) is 7.72. The average Bonchev–Trinajstić information content (AvgIpc) is 3.33. The highest BCUT2D eigenvalue weighted by Crippen LogP contribution is 2.40. The van der Waals surface area contributed by atoms with Gasteiger partial charge in [0.2, 0.25) is 11.8 Å². The van der Waals surface area contributed by atoms with Gasteiger partial charge in [-0.05, 0) is 96.3 Å². The molecule has 0 radical (unpaired) electrons. The van der Waals surface area contributed by atoms with Crippen molar-refractivity contribution in [1.82, 2.24) is 25.0 Å². The van der Waals surface area contributed by atoms with Gasteiger partial charge in [-0.1, -0.05) is 0 Å². The van der Waals surface area contributed by atoms with Crippen LogP contribution >= 0.6 is 24.6 Å². The van der Waals surface area contributed by atoms with Crippen molar-refractivity contribution in [2.45, 2.75) is 102 Å². The Hall–Kier alpha value is -4.41. The second-order valence-electron chi connectivity index (χ2n) is 15.7. The molecule has 4 aliphatic rings. The number of hydrogen-bond donors (Lipinski definition) is 2. The zero-order valence-electron chi connectivity index (χ0n) is 32.9. The highest BCUT2D eigenvalue weighted by Gasteiger charge is 2.52. The van der Waals surface area contributed by atoms with Gasteiger partial charge in [-0.25, -0.2) is 9.78 Å². The Bertz CT molecular complexity index is 1930. The average molecular weight is 848 g/mol. The summed E-state index contributed by atoms with van der Waals surface area (Å²) in [6.07, 6.45) is 0.755. The molecule has 4 heterocycles. The lowest BCUT2D eigenvalue weighted by Crippen LogP contribution is -2.58. The molecular weight excluding hydrogens is 799 g/mol. The summed E-state index contributed by atoms with van der Waals surface area (Å²) in [4.78, 5) is 63.7. The number of hydrogen-bond acceptors (Lipinski definition) is 10. The molecule has 14 nitrogen and oxygen atoms in total. The van der Waals surface area contributed by atoms with E-state index in [9.17, 15) is 37.6 Å². The minimum atomic E-state index is -4.76. The molecule has 58 heavy (non-hydrogen) atoms. The third-order valence-corrected chi connectivity index (χ3v) is 11.7. The second kappa shape index (κ2) is 18.2. The number of nitriles is 1. The molecule has 1 saturated carbocycles. The lowest BCUT2D eigenvalue weighted by molar-refractivity contribution is -0.137. The first kappa shape index (κ1) is 44.7. The van der Waals surface area contributed by atoms with Crippen molar-refractivity contribution in [3.05, 3.63) is 47.7 Å². The number of rotatable bonds is 11. The summed E-state index contributed by atoms with van der Waals surface area (Å²) in [5.74, 6) is -0.623. The van der Waals surface area contributed by atoms with E-state index in [-0.39, 0.29) is 78.8 Å². The molecular formula is C39H49ClF3N9O5S. The van der Waals surface area contributed by atoms with E-state index < -0.39 is 34.8 Å². The number of imide groups is 1. The Morgan fingerprint density at radius 2 is 1.76 bits per heavy atom. The SMILES string of the molecule is C[C@@H]1CN(CCCOC2CCC(N3C(=S)N(c4ccc(C#N)c(C(F)(F)F)c4)C(=O)C3(C)C)CC2)C[C@H](C)N1CC(=O)Nc1cc(N2CCC(=O)NC2=O)ccn1.Cl. The van der Waals surface area contributed by atoms with Crippen LogP contribution in [-0.4, -0.2) is 118 Å². The zero-order chi connectivity index (χ0) is 41.2. The topological polar surface area (TPSA) is 154 Å². The summed E-state index contributed by atoms with van der Waals surface area (Å²) in [5.41, 5.74) is -2.17. The third-order valence-electron chi connectivity index (χ3n) is 11.3. The smallest absolute Gasteiger partial charge is 0.378 e. The standard InChI is InChI=1S/C39H48F3N9O5S.ClH/c1-24-21-47(22-25(2)49(24)23-34(53)45-32-19-28(12-14-44-32)48-16-13-33(52)46-36(48)55)15-5-17-56-30-10-8-27(9-11-30)51-37(57)50(35(54)38(51,3)4)29-7-6-26(20-43)31(18-29)39(40,41)42;/h6-7,12,14,18-19,24-25,27,30H,5,8-11,13,15-17,21-23H2,1-4H3,(H,44,45,53)(H,46,52,55);1H/t24-,25+,27?,30?;. The molecule has 6 rings (SSSR count). The van der Waals surface area contributed by atoms with Crippen molar-refractivity contribution < 1.29 is 37.1 Å². The van der Waals surface area contributed by atoms with E-state index in [1.807, 2.05) is 4.90 Å². The summed E-state index contributed by atoms with van der Waals surface area (Å²) in [6.45, 7) is 11.1. The Kier molecular flexibility index (Phi) is 14.1. The van der Waals surface area contributed by atoms with Gasteiger partial charge in [-0.3, -0.25) is 34.4 Å². The van der Waals surface area contributed by atoms with Crippen molar-refractivity contribution in [2.75, 3.05) is 54.4 Å². The van der Waals surface area contributed by atoms with Gasteiger partial charge in [-0.15, -0.1) is 12.4 Å². The molecule has 1 aliphatic carbocycles. The fraction of sp³-hybridized carbons (Fsp3) is 0.564. The van der Waals surface area contributed by atoms with E-state index in [1.165, 1.54) is 17.2 Å². The Labute approximate surface area is 347 Å². The van der Waals surface area contributed by atoms with Crippen LogP contribution < -0.4 is 20.4 Å². The highest BCUT2D eigenvalue weighted by atomic mass is 35.5. The van der Waals surface area contributed by atoms with Crippen LogP contribution in [0.25, 0.3) is 0 Å². The van der Waals surface area contributed by atoms with Gasteiger partial charge in [0.1, 0.15) is 11.4 Å². The van der Waals surface area contributed by atoms with Gasteiger partial charge >= 0.3 is 12.2 Å². The number of alkyl halides is 3. The normalized spacial score (nSPS) is 24.3. The number of ether oxygens (including phenoxy) is 1. The second-order valence-corrected chi connectivity index (χ2v) is 16.0. The third kappa shape index (κ3) is 9.71. The molecule has 3 aliphatic heterocycles.